The topological polar surface area (TPSA) is 101 Å². The van der Waals surface area contributed by atoms with E-state index in [9.17, 15) is 9.59 Å². The van der Waals surface area contributed by atoms with Gasteiger partial charge in [0.25, 0.3) is 5.91 Å². The molecule has 0 aliphatic heterocycles. The van der Waals surface area contributed by atoms with Crippen LogP contribution in [0, 0.1) is 0 Å². The highest BCUT2D eigenvalue weighted by molar-refractivity contribution is 5.92. The lowest BCUT2D eigenvalue weighted by molar-refractivity contribution is -0.137. The zero-order chi connectivity index (χ0) is 15.9. The van der Waals surface area contributed by atoms with E-state index in [0.717, 1.165) is 0 Å². The second-order valence-electron chi connectivity index (χ2n) is 4.49. The monoisotopic (exact) mass is 301 g/mol. The Morgan fingerprint density at radius 1 is 1.36 bits per heavy atom. The van der Waals surface area contributed by atoms with Gasteiger partial charge in [-0.15, -0.1) is 0 Å². The summed E-state index contributed by atoms with van der Waals surface area (Å²) in [5.41, 5.74) is 0.764. The van der Waals surface area contributed by atoms with Crippen LogP contribution in [0.1, 0.15) is 28.5 Å². The molecule has 0 radical (unpaired) electrons. The highest BCUT2D eigenvalue weighted by Gasteiger charge is 2.20. The van der Waals surface area contributed by atoms with Gasteiger partial charge in [-0.1, -0.05) is 12.1 Å². The van der Waals surface area contributed by atoms with Crippen molar-refractivity contribution in [2.45, 2.75) is 12.5 Å². The first-order valence-corrected chi connectivity index (χ1v) is 6.52. The lowest BCUT2D eigenvalue weighted by atomic mass is 10.0. The van der Waals surface area contributed by atoms with Crippen LogP contribution < -0.4 is 10.1 Å². The average Bonchev–Trinajstić information content (AvgIpc) is 2.54. The number of aromatic nitrogens is 2. The maximum atomic E-state index is 12.1. The van der Waals surface area contributed by atoms with Crippen molar-refractivity contribution >= 4 is 11.9 Å². The molecule has 2 rings (SSSR count). The van der Waals surface area contributed by atoms with Gasteiger partial charge in [0.15, 0.2) is 0 Å². The Hall–Kier alpha value is -2.96. The van der Waals surface area contributed by atoms with Gasteiger partial charge in [0, 0.05) is 12.4 Å². The first-order chi connectivity index (χ1) is 10.6. The summed E-state index contributed by atoms with van der Waals surface area (Å²) >= 11 is 0. The van der Waals surface area contributed by atoms with E-state index in [1.807, 2.05) is 0 Å². The number of benzene rings is 1. The van der Waals surface area contributed by atoms with E-state index in [4.69, 9.17) is 9.84 Å². The fraction of sp³-hybridized carbons (Fsp3) is 0.200. The molecule has 1 aromatic heterocycles. The molecule has 1 amide bonds. The van der Waals surface area contributed by atoms with E-state index in [-0.39, 0.29) is 12.1 Å². The number of ether oxygens (including phenoxy) is 1. The number of methoxy groups -OCH3 is 1. The number of amides is 1. The van der Waals surface area contributed by atoms with Crippen LogP contribution in [0.5, 0.6) is 5.75 Å². The minimum absolute atomic E-state index is 0.126. The van der Waals surface area contributed by atoms with E-state index in [0.29, 0.717) is 11.3 Å². The second-order valence-corrected chi connectivity index (χ2v) is 4.49. The van der Waals surface area contributed by atoms with Crippen LogP contribution >= 0.6 is 0 Å². The van der Waals surface area contributed by atoms with E-state index < -0.39 is 17.9 Å². The molecule has 1 aromatic carbocycles. The van der Waals surface area contributed by atoms with Crippen LogP contribution in [-0.4, -0.2) is 34.1 Å². The molecular weight excluding hydrogens is 286 g/mol. The zero-order valence-electron chi connectivity index (χ0n) is 11.9. The summed E-state index contributed by atoms with van der Waals surface area (Å²) in [7, 11) is 1.52. The normalized spacial score (nSPS) is 11.5. The standard InChI is InChI=1S/C15H15N3O4/c1-22-11-4-2-3-10(7-11)12(8-14(19)20)18-15(21)13-9-16-5-6-17-13/h2-7,9,12H,8H2,1H3,(H,18,21)(H,19,20). The Bertz CT molecular complexity index is 661. The Kier molecular flexibility index (Phi) is 5.02. The number of rotatable bonds is 6. The molecule has 0 saturated carbocycles. The molecule has 0 aliphatic rings. The molecule has 0 spiro atoms. The van der Waals surface area contributed by atoms with Crippen LogP contribution in [0.3, 0.4) is 0 Å². The molecule has 1 heterocycles. The first-order valence-electron chi connectivity index (χ1n) is 6.52. The van der Waals surface area contributed by atoms with Crippen LogP contribution in [0.15, 0.2) is 42.9 Å². The summed E-state index contributed by atoms with van der Waals surface area (Å²) in [6.45, 7) is 0. The maximum absolute atomic E-state index is 12.1. The quantitative estimate of drug-likeness (QED) is 0.837. The lowest BCUT2D eigenvalue weighted by Gasteiger charge is -2.17. The third-order valence-corrected chi connectivity index (χ3v) is 2.98. The molecule has 0 fully saturated rings. The molecule has 114 valence electrons. The van der Waals surface area contributed by atoms with Gasteiger partial charge < -0.3 is 15.2 Å². The summed E-state index contributed by atoms with van der Waals surface area (Å²) in [4.78, 5) is 30.9. The Morgan fingerprint density at radius 3 is 2.82 bits per heavy atom. The number of carbonyl (C=O) groups is 2. The van der Waals surface area contributed by atoms with Crippen molar-refractivity contribution in [2.24, 2.45) is 0 Å². The van der Waals surface area contributed by atoms with Crippen LogP contribution in [0.4, 0.5) is 0 Å². The summed E-state index contributed by atoms with van der Waals surface area (Å²) in [6, 6.07) is 6.20. The molecule has 1 unspecified atom stereocenters. The van der Waals surface area contributed by atoms with Gasteiger partial charge in [-0.2, -0.15) is 0 Å². The van der Waals surface area contributed by atoms with Crippen molar-refractivity contribution in [1.29, 1.82) is 0 Å². The van der Waals surface area contributed by atoms with Crippen molar-refractivity contribution in [1.82, 2.24) is 15.3 Å². The SMILES string of the molecule is COc1cccc(C(CC(=O)O)NC(=O)c2cnccn2)c1. The fourth-order valence-corrected chi connectivity index (χ4v) is 1.93. The lowest BCUT2D eigenvalue weighted by Crippen LogP contribution is -2.30. The Balaban J connectivity index is 2.22. The first kappa shape index (κ1) is 15.4. The molecular formula is C15H15N3O4. The van der Waals surface area contributed by atoms with Crippen molar-refractivity contribution in [3.05, 3.63) is 54.1 Å². The fourth-order valence-electron chi connectivity index (χ4n) is 1.93. The van der Waals surface area contributed by atoms with E-state index in [1.54, 1.807) is 24.3 Å². The minimum Gasteiger partial charge on any atom is -0.497 e. The second kappa shape index (κ2) is 7.16. The number of hydrogen-bond acceptors (Lipinski definition) is 5. The van der Waals surface area contributed by atoms with Crippen LogP contribution in [0.25, 0.3) is 0 Å². The molecule has 0 aliphatic carbocycles. The molecule has 1 atom stereocenters. The van der Waals surface area contributed by atoms with Gasteiger partial charge in [-0.3, -0.25) is 14.6 Å². The number of carboxylic acid groups (broad SMARTS) is 1. The van der Waals surface area contributed by atoms with Gasteiger partial charge in [-0.05, 0) is 17.7 Å². The zero-order valence-corrected chi connectivity index (χ0v) is 11.9. The molecule has 2 N–H and O–H groups in total. The minimum atomic E-state index is -1.02. The largest absolute Gasteiger partial charge is 0.497 e. The number of carbonyl (C=O) groups excluding carboxylic acids is 1. The van der Waals surface area contributed by atoms with Gasteiger partial charge in [-0.25, -0.2) is 4.98 Å². The molecule has 7 heteroatoms. The average molecular weight is 301 g/mol. The molecule has 2 aromatic rings. The van der Waals surface area contributed by atoms with Gasteiger partial charge in [0.2, 0.25) is 0 Å². The van der Waals surface area contributed by atoms with Gasteiger partial charge in [0.05, 0.1) is 25.8 Å². The van der Waals surface area contributed by atoms with Gasteiger partial charge >= 0.3 is 5.97 Å². The molecule has 22 heavy (non-hydrogen) atoms. The van der Waals surface area contributed by atoms with Gasteiger partial charge in [0.1, 0.15) is 11.4 Å². The van der Waals surface area contributed by atoms with Crippen LogP contribution in [-0.2, 0) is 4.79 Å². The van der Waals surface area contributed by atoms with E-state index >= 15 is 0 Å². The third-order valence-electron chi connectivity index (χ3n) is 2.98. The van der Waals surface area contributed by atoms with E-state index in [2.05, 4.69) is 15.3 Å². The third kappa shape index (κ3) is 4.02. The summed E-state index contributed by atoms with van der Waals surface area (Å²) in [6.07, 6.45) is 3.91. The Morgan fingerprint density at radius 2 is 2.18 bits per heavy atom. The van der Waals surface area contributed by atoms with Crippen molar-refractivity contribution in [3.8, 4) is 5.75 Å². The van der Waals surface area contributed by atoms with Crippen molar-refractivity contribution in [3.63, 3.8) is 0 Å². The van der Waals surface area contributed by atoms with Crippen molar-refractivity contribution in [2.75, 3.05) is 7.11 Å². The molecule has 0 saturated heterocycles. The molecule has 7 nitrogen and oxygen atoms in total. The number of hydrogen-bond donors (Lipinski definition) is 2. The highest BCUT2D eigenvalue weighted by Crippen LogP contribution is 2.22. The van der Waals surface area contributed by atoms with E-state index in [1.165, 1.54) is 25.7 Å². The van der Waals surface area contributed by atoms with Crippen molar-refractivity contribution < 1.29 is 19.4 Å². The summed E-state index contributed by atoms with van der Waals surface area (Å²) < 4.78 is 5.12. The summed E-state index contributed by atoms with van der Waals surface area (Å²) in [5.74, 6) is -0.920. The predicted molar refractivity (Wildman–Crippen MR) is 77.5 cm³/mol. The number of aliphatic carboxylic acids is 1. The smallest absolute Gasteiger partial charge is 0.305 e. The molecule has 0 bridgehead atoms. The van der Waals surface area contributed by atoms with Crippen LogP contribution in [0.2, 0.25) is 0 Å². The summed E-state index contributed by atoms with van der Waals surface area (Å²) in [5, 5.41) is 11.7. The maximum Gasteiger partial charge on any atom is 0.305 e. The number of nitrogens with one attached hydrogen (secondary N) is 1. The predicted octanol–water partition coefficient (Wildman–Crippen LogP) is 1.43. The number of nitrogens with zero attached hydrogens (tertiary/aromatic N) is 2. The highest BCUT2D eigenvalue weighted by atomic mass is 16.5. The Labute approximate surface area is 127 Å². The number of carboxylic acids is 1.